The van der Waals surface area contributed by atoms with Gasteiger partial charge >= 0.3 is 7.60 Å². The SMILES string of the molecule is CCOP(=O)(CSc1cc2nc(c1)CN[C@@H]1CCCC[C@H]1NCCN[C@@H]1CCCC[C@H]1NC2)OCC. The maximum Gasteiger partial charge on any atom is 0.340 e. The summed E-state index contributed by atoms with van der Waals surface area (Å²) in [6.07, 6.45) is 10.0. The molecule has 4 atom stereocenters. The summed E-state index contributed by atoms with van der Waals surface area (Å²) in [6.45, 7) is 7.98. The van der Waals surface area contributed by atoms with E-state index in [9.17, 15) is 4.57 Å². The van der Waals surface area contributed by atoms with E-state index < -0.39 is 7.60 Å². The van der Waals surface area contributed by atoms with Crippen LogP contribution in [0, 0.1) is 0 Å². The predicted molar refractivity (Wildman–Crippen MR) is 148 cm³/mol. The van der Waals surface area contributed by atoms with Crippen molar-refractivity contribution in [3.8, 4) is 0 Å². The summed E-state index contributed by atoms with van der Waals surface area (Å²) < 4.78 is 24.1. The van der Waals surface area contributed by atoms with Gasteiger partial charge in [0.1, 0.15) is 5.49 Å². The summed E-state index contributed by atoms with van der Waals surface area (Å²) in [4.78, 5) is 6.09. The molecule has 3 aliphatic rings. The fourth-order valence-electron chi connectivity index (χ4n) is 5.77. The molecular weight excluding hydrogens is 493 g/mol. The van der Waals surface area contributed by atoms with Gasteiger partial charge in [-0.25, -0.2) is 0 Å². The van der Waals surface area contributed by atoms with E-state index in [0.717, 1.165) is 42.5 Å². The molecule has 4 N–H and O–H groups in total. The lowest BCUT2D eigenvalue weighted by molar-refractivity contribution is 0.224. The molecule has 36 heavy (non-hydrogen) atoms. The van der Waals surface area contributed by atoms with Crippen molar-refractivity contribution in [3.63, 3.8) is 0 Å². The Morgan fingerprint density at radius 1 is 0.806 bits per heavy atom. The second-order valence-electron chi connectivity index (χ2n) is 10.2. The number of fused-ring (bicyclic) bond motifs is 4. The molecule has 204 valence electrons. The smallest absolute Gasteiger partial charge is 0.311 e. The number of nitrogens with one attached hydrogen (secondary N) is 4. The summed E-state index contributed by atoms with van der Waals surface area (Å²) in [5.74, 6) is 0. The number of thioether (sulfide) groups is 1. The lowest BCUT2D eigenvalue weighted by atomic mass is 9.89. The van der Waals surface area contributed by atoms with Crippen LogP contribution in [0.4, 0.5) is 0 Å². The van der Waals surface area contributed by atoms with Gasteiger partial charge in [-0.1, -0.05) is 25.7 Å². The zero-order valence-electron chi connectivity index (χ0n) is 22.1. The highest BCUT2D eigenvalue weighted by molar-refractivity contribution is 8.04. The third-order valence-corrected chi connectivity index (χ3v) is 11.2. The third kappa shape index (κ3) is 8.50. The first kappa shape index (κ1) is 28.5. The van der Waals surface area contributed by atoms with Crippen LogP contribution >= 0.6 is 19.4 Å². The van der Waals surface area contributed by atoms with E-state index in [1.54, 1.807) is 11.8 Å². The Balaban J connectivity index is 1.53. The number of rotatable bonds is 7. The fourth-order valence-corrected chi connectivity index (χ4v) is 8.89. The first-order valence-corrected chi connectivity index (χ1v) is 16.7. The number of aromatic nitrogens is 1. The van der Waals surface area contributed by atoms with Crippen molar-refractivity contribution >= 4 is 19.4 Å². The quantitative estimate of drug-likeness (QED) is 0.297. The second kappa shape index (κ2) is 14.6. The fraction of sp³-hybridized carbons (Fsp3) is 0.808. The van der Waals surface area contributed by atoms with E-state index in [1.165, 1.54) is 51.4 Å². The molecule has 2 fully saturated rings. The van der Waals surface area contributed by atoms with Crippen LogP contribution in [0.2, 0.25) is 0 Å². The third-order valence-electron chi connectivity index (χ3n) is 7.51. The first-order chi connectivity index (χ1) is 17.6. The molecule has 0 amide bonds. The van der Waals surface area contributed by atoms with Crippen LogP contribution in [-0.4, -0.2) is 60.9 Å². The van der Waals surface area contributed by atoms with Crippen molar-refractivity contribution < 1.29 is 13.6 Å². The van der Waals surface area contributed by atoms with Crippen LogP contribution in [0.15, 0.2) is 17.0 Å². The molecule has 4 rings (SSSR count). The number of hydrogen-bond donors (Lipinski definition) is 4. The lowest BCUT2D eigenvalue weighted by Crippen LogP contribution is -2.53. The van der Waals surface area contributed by atoms with Gasteiger partial charge in [-0.15, -0.1) is 11.8 Å². The lowest BCUT2D eigenvalue weighted by Gasteiger charge is -2.34. The zero-order chi connectivity index (χ0) is 25.2. The van der Waals surface area contributed by atoms with Gasteiger partial charge in [-0.05, 0) is 51.7 Å². The van der Waals surface area contributed by atoms with Crippen LogP contribution in [0.3, 0.4) is 0 Å². The molecule has 0 aromatic carbocycles. The van der Waals surface area contributed by atoms with E-state index >= 15 is 0 Å². The largest absolute Gasteiger partial charge is 0.340 e. The first-order valence-electron chi connectivity index (χ1n) is 14.0. The molecule has 2 bridgehead atoms. The molecule has 8 nitrogen and oxygen atoms in total. The predicted octanol–water partition coefficient (Wildman–Crippen LogP) is 4.39. The minimum atomic E-state index is -3.11. The maximum absolute atomic E-state index is 13.0. The van der Waals surface area contributed by atoms with Crippen molar-refractivity contribution in [2.24, 2.45) is 0 Å². The van der Waals surface area contributed by atoms with Gasteiger partial charge in [-0.2, -0.15) is 0 Å². The van der Waals surface area contributed by atoms with Crippen LogP contribution < -0.4 is 21.3 Å². The Morgan fingerprint density at radius 2 is 1.25 bits per heavy atom. The Labute approximate surface area is 221 Å². The minimum Gasteiger partial charge on any atom is -0.311 e. The highest BCUT2D eigenvalue weighted by atomic mass is 32.2. The molecule has 10 heteroatoms. The maximum atomic E-state index is 13.0. The van der Waals surface area contributed by atoms with Crippen LogP contribution in [0.25, 0.3) is 0 Å². The van der Waals surface area contributed by atoms with Crippen molar-refractivity contribution in [2.75, 3.05) is 31.8 Å². The van der Waals surface area contributed by atoms with E-state index in [4.69, 9.17) is 14.0 Å². The second-order valence-corrected chi connectivity index (χ2v) is 13.7. The Hall–Kier alpha value is -0.510. The summed E-state index contributed by atoms with van der Waals surface area (Å²) in [5, 5.41) is 15.3. The highest BCUT2D eigenvalue weighted by Crippen LogP contribution is 2.52. The summed E-state index contributed by atoms with van der Waals surface area (Å²) in [6, 6.07) is 6.21. The Bertz CT molecular complexity index is 805. The van der Waals surface area contributed by atoms with E-state index in [0.29, 0.717) is 42.9 Å². The molecule has 0 radical (unpaired) electrons. The minimum absolute atomic E-state index is 0.307. The molecule has 0 spiro atoms. The molecule has 2 heterocycles. The van der Waals surface area contributed by atoms with Gasteiger partial charge in [0.25, 0.3) is 0 Å². The summed E-state index contributed by atoms with van der Waals surface area (Å²) in [7, 11) is -3.11. The van der Waals surface area contributed by atoms with E-state index in [2.05, 4.69) is 33.4 Å². The van der Waals surface area contributed by atoms with Gasteiger partial charge in [0, 0.05) is 55.2 Å². The Morgan fingerprint density at radius 3 is 1.69 bits per heavy atom. The monoisotopic (exact) mass is 539 g/mol. The molecule has 0 unspecified atom stereocenters. The highest BCUT2D eigenvalue weighted by Gasteiger charge is 2.27. The van der Waals surface area contributed by atoms with Crippen LogP contribution in [0.1, 0.15) is 76.6 Å². The standard InChI is InChI=1S/C26H46N5O3PS/c1-3-33-35(32,34-4-2)19-36-22-15-20-17-29-25-11-7-5-9-23(25)27-13-14-28-24-10-6-8-12-26(24)30-18-21(16-22)31-20/h15-16,23-30H,3-14,17-19H2,1-2H3/t23-,24-,25-,26-/m1/s1. The normalized spacial score (nSPS) is 28.4. The number of hydrogen-bond acceptors (Lipinski definition) is 9. The Kier molecular flexibility index (Phi) is 11.5. The van der Waals surface area contributed by atoms with Crippen LogP contribution in [-0.2, 0) is 26.7 Å². The molecule has 0 saturated heterocycles. The molecule has 1 aliphatic heterocycles. The summed E-state index contributed by atoms with van der Waals surface area (Å²) in [5.41, 5.74) is 2.38. The average molecular weight is 540 g/mol. The van der Waals surface area contributed by atoms with Crippen LogP contribution in [0.5, 0.6) is 0 Å². The van der Waals surface area contributed by atoms with Crippen molar-refractivity contribution in [1.82, 2.24) is 26.3 Å². The van der Waals surface area contributed by atoms with Gasteiger partial charge in [-0.3, -0.25) is 9.55 Å². The average Bonchev–Trinajstić information content (AvgIpc) is 2.89. The molecular formula is C26H46N5O3PS. The van der Waals surface area contributed by atoms with E-state index in [-0.39, 0.29) is 0 Å². The van der Waals surface area contributed by atoms with Gasteiger partial charge < -0.3 is 30.3 Å². The van der Waals surface area contributed by atoms with Gasteiger partial charge in [0.2, 0.25) is 0 Å². The topological polar surface area (TPSA) is 96.5 Å². The zero-order valence-corrected chi connectivity index (χ0v) is 23.8. The van der Waals surface area contributed by atoms with Gasteiger partial charge in [0.15, 0.2) is 0 Å². The molecule has 2 saturated carbocycles. The van der Waals surface area contributed by atoms with Gasteiger partial charge in [0.05, 0.1) is 24.6 Å². The summed E-state index contributed by atoms with van der Waals surface area (Å²) >= 11 is 1.55. The van der Waals surface area contributed by atoms with Crippen molar-refractivity contribution in [2.45, 2.75) is 107 Å². The molecule has 1 aromatic rings. The number of nitrogens with zero attached hydrogens (tertiary/aromatic N) is 1. The van der Waals surface area contributed by atoms with E-state index in [1.807, 2.05) is 13.8 Å². The van der Waals surface area contributed by atoms with Crippen molar-refractivity contribution in [1.29, 1.82) is 0 Å². The number of pyridine rings is 1. The van der Waals surface area contributed by atoms with Crippen molar-refractivity contribution in [3.05, 3.63) is 23.5 Å². The molecule has 1 aromatic heterocycles. The molecule has 2 aliphatic carbocycles.